The zero-order chi connectivity index (χ0) is 16.5. The molecular weight excluding hydrogens is 393 g/mol. The smallest absolute Gasteiger partial charge is 0.413 e. The van der Waals surface area contributed by atoms with Crippen molar-refractivity contribution in [2.45, 2.75) is 26.4 Å². The molecule has 0 radical (unpaired) electrons. The summed E-state index contributed by atoms with van der Waals surface area (Å²) in [6, 6.07) is 7.51. The van der Waals surface area contributed by atoms with Crippen LogP contribution in [0, 0.1) is 5.92 Å². The molecule has 5 rings (SSSR count). The maximum atomic E-state index is 12.3. The normalized spacial score (nSPS) is 23.5. The van der Waals surface area contributed by atoms with E-state index in [1.165, 1.54) is 11.3 Å². The number of carbonyl (C=O) groups excluding carboxylic acids is 1. The summed E-state index contributed by atoms with van der Waals surface area (Å²) in [7, 11) is 0. The van der Waals surface area contributed by atoms with Gasteiger partial charge in [-0.25, -0.2) is 9.78 Å². The SMILES string of the molecule is C.Cl.O=C(Nc1ncsc1-c1cccc(Cl)c1)O[C@H]1CN2CCC1CC2. The molecule has 3 saturated heterocycles. The summed E-state index contributed by atoms with van der Waals surface area (Å²) in [6.07, 6.45) is 1.79. The topological polar surface area (TPSA) is 54.5 Å². The molecule has 2 bridgehead atoms. The van der Waals surface area contributed by atoms with Crippen LogP contribution in [-0.4, -0.2) is 41.7 Å². The Labute approximate surface area is 169 Å². The molecule has 0 unspecified atom stereocenters. The van der Waals surface area contributed by atoms with Crippen molar-refractivity contribution < 1.29 is 9.53 Å². The largest absolute Gasteiger partial charge is 0.444 e. The van der Waals surface area contributed by atoms with Gasteiger partial charge in [0.15, 0.2) is 5.82 Å². The summed E-state index contributed by atoms with van der Waals surface area (Å²) < 4.78 is 5.66. The number of benzene rings is 1. The average molecular weight is 416 g/mol. The number of carbonyl (C=O) groups is 1. The highest BCUT2D eigenvalue weighted by atomic mass is 35.5. The molecule has 1 atom stereocenters. The lowest BCUT2D eigenvalue weighted by Crippen LogP contribution is -2.52. The summed E-state index contributed by atoms with van der Waals surface area (Å²) in [6.45, 7) is 3.09. The molecule has 26 heavy (non-hydrogen) atoms. The van der Waals surface area contributed by atoms with Crippen molar-refractivity contribution in [3.63, 3.8) is 0 Å². The fourth-order valence-corrected chi connectivity index (χ4v) is 4.41. The Balaban J connectivity index is 0.00000121. The first-order chi connectivity index (χ1) is 11.7. The molecule has 1 aromatic carbocycles. The van der Waals surface area contributed by atoms with Crippen LogP contribution in [0.3, 0.4) is 0 Å². The number of aromatic nitrogens is 1. The van der Waals surface area contributed by atoms with E-state index < -0.39 is 6.09 Å². The van der Waals surface area contributed by atoms with Crippen LogP contribution in [0.5, 0.6) is 0 Å². The van der Waals surface area contributed by atoms with Gasteiger partial charge in [-0.15, -0.1) is 23.7 Å². The quantitative estimate of drug-likeness (QED) is 0.751. The summed E-state index contributed by atoms with van der Waals surface area (Å²) in [5.41, 5.74) is 2.64. The molecule has 4 heterocycles. The number of rotatable bonds is 3. The number of thiazole rings is 1. The predicted molar refractivity (Wildman–Crippen MR) is 110 cm³/mol. The second-order valence-electron chi connectivity index (χ2n) is 6.25. The highest BCUT2D eigenvalue weighted by Gasteiger charge is 2.36. The molecule has 2 aromatic rings. The van der Waals surface area contributed by atoms with Crippen molar-refractivity contribution in [2.75, 3.05) is 25.0 Å². The lowest BCUT2D eigenvalue weighted by Gasteiger charge is -2.43. The molecule has 3 aliphatic rings. The fourth-order valence-electron chi connectivity index (χ4n) is 3.48. The Morgan fingerprint density at radius 3 is 2.77 bits per heavy atom. The molecule has 3 aliphatic heterocycles. The Morgan fingerprint density at radius 2 is 2.12 bits per heavy atom. The molecule has 0 saturated carbocycles. The van der Waals surface area contributed by atoms with Crippen molar-refractivity contribution >= 4 is 47.3 Å². The van der Waals surface area contributed by atoms with Gasteiger partial charge in [0.05, 0.1) is 10.4 Å². The van der Waals surface area contributed by atoms with Crippen molar-refractivity contribution in [2.24, 2.45) is 5.92 Å². The number of nitrogens with zero attached hydrogens (tertiary/aromatic N) is 2. The zero-order valence-corrected chi connectivity index (χ0v) is 15.9. The fraction of sp³-hybridized carbons (Fsp3) is 0.444. The van der Waals surface area contributed by atoms with Gasteiger partial charge < -0.3 is 4.74 Å². The highest BCUT2D eigenvalue weighted by Crippen LogP contribution is 2.33. The van der Waals surface area contributed by atoms with Gasteiger partial charge in [0.2, 0.25) is 0 Å². The number of ether oxygens (including phenoxy) is 1. The first-order valence-corrected chi connectivity index (χ1v) is 9.34. The van der Waals surface area contributed by atoms with Gasteiger partial charge in [0, 0.05) is 11.6 Å². The summed E-state index contributed by atoms with van der Waals surface area (Å²) in [5.74, 6) is 1.01. The van der Waals surface area contributed by atoms with Crippen LogP contribution in [0.25, 0.3) is 10.4 Å². The van der Waals surface area contributed by atoms with Gasteiger partial charge >= 0.3 is 6.09 Å². The van der Waals surface area contributed by atoms with E-state index in [-0.39, 0.29) is 25.9 Å². The Morgan fingerprint density at radius 1 is 1.35 bits per heavy atom. The van der Waals surface area contributed by atoms with Gasteiger partial charge in [-0.3, -0.25) is 10.2 Å². The Bertz CT molecular complexity index is 748. The number of amides is 1. The number of anilines is 1. The number of fused-ring (bicyclic) bond motifs is 3. The first kappa shape index (κ1) is 21.0. The Kier molecular flexibility index (Phi) is 7.29. The van der Waals surface area contributed by atoms with E-state index >= 15 is 0 Å². The van der Waals surface area contributed by atoms with Crippen LogP contribution in [0.4, 0.5) is 10.6 Å². The van der Waals surface area contributed by atoms with Gasteiger partial charge in [-0.2, -0.15) is 0 Å². The summed E-state index contributed by atoms with van der Waals surface area (Å²) in [5, 5.41) is 3.45. The van der Waals surface area contributed by atoms with Crippen LogP contribution in [0.15, 0.2) is 29.8 Å². The standard InChI is InChI=1S/C17H18ClN3O2S.CH4.ClH/c18-13-3-1-2-12(8-13)15-16(19-10-24-15)20-17(22)23-14-9-21-6-4-11(14)5-7-21;;/h1-3,8,10-11,14H,4-7,9H2,(H,20,22);1H4;1H/t14-;;/m0../s1. The van der Waals surface area contributed by atoms with E-state index in [9.17, 15) is 4.79 Å². The first-order valence-electron chi connectivity index (χ1n) is 8.08. The van der Waals surface area contributed by atoms with E-state index in [4.69, 9.17) is 16.3 Å². The van der Waals surface area contributed by atoms with E-state index in [0.29, 0.717) is 16.8 Å². The van der Waals surface area contributed by atoms with Crippen LogP contribution >= 0.6 is 35.3 Å². The van der Waals surface area contributed by atoms with Gasteiger partial charge in [-0.05, 0) is 49.5 Å². The minimum Gasteiger partial charge on any atom is -0.444 e. The third-order valence-electron chi connectivity index (χ3n) is 4.73. The minimum atomic E-state index is -0.428. The molecule has 5 nitrogen and oxygen atoms in total. The van der Waals surface area contributed by atoms with Crippen LogP contribution in [-0.2, 0) is 4.74 Å². The molecule has 142 valence electrons. The summed E-state index contributed by atoms with van der Waals surface area (Å²) in [4.78, 5) is 19.8. The van der Waals surface area contributed by atoms with E-state index in [2.05, 4.69) is 15.2 Å². The lowest BCUT2D eigenvalue weighted by atomic mass is 9.86. The molecule has 8 heteroatoms. The number of hydrogen-bond acceptors (Lipinski definition) is 5. The second kappa shape index (κ2) is 9.04. The number of halogens is 2. The maximum Gasteiger partial charge on any atom is 0.413 e. The monoisotopic (exact) mass is 415 g/mol. The van der Waals surface area contributed by atoms with E-state index in [0.717, 1.165) is 42.9 Å². The van der Waals surface area contributed by atoms with Crippen molar-refractivity contribution in [3.8, 4) is 10.4 Å². The molecule has 0 aliphatic carbocycles. The van der Waals surface area contributed by atoms with E-state index in [1.54, 1.807) is 5.51 Å². The zero-order valence-electron chi connectivity index (χ0n) is 13.5. The third-order valence-corrected chi connectivity index (χ3v) is 5.84. The van der Waals surface area contributed by atoms with Crippen molar-refractivity contribution in [3.05, 3.63) is 34.8 Å². The molecule has 1 N–H and O–H groups in total. The third kappa shape index (κ3) is 4.49. The molecule has 0 spiro atoms. The number of hydrogen-bond donors (Lipinski definition) is 1. The van der Waals surface area contributed by atoms with Crippen molar-refractivity contribution in [1.29, 1.82) is 0 Å². The van der Waals surface area contributed by atoms with Crippen LogP contribution in [0.2, 0.25) is 5.02 Å². The van der Waals surface area contributed by atoms with Gasteiger partial charge in [0.1, 0.15) is 6.10 Å². The Hall–Kier alpha value is -1.34. The van der Waals surface area contributed by atoms with Crippen LogP contribution < -0.4 is 5.32 Å². The number of piperidine rings is 3. The van der Waals surface area contributed by atoms with Gasteiger partial charge in [-0.1, -0.05) is 31.2 Å². The average Bonchev–Trinajstić information content (AvgIpc) is 3.04. The molecule has 3 fully saturated rings. The molecular formula is C18H23Cl2N3O2S. The van der Waals surface area contributed by atoms with E-state index in [1.807, 2.05) is 24.3 Å². The molecule has 1 amide bonds. The van der Waals surface area contributed by atoms with Crippen LogP contribution in [0.1, 0.15) is 20.3 Å². The number of nitrogens with one attached hydrogen (secondary N) is 1. The summed E-state index contributed by atoms with van der Waals surface area (Å²) >= 11 is 7.52. The molecule has 1 aromatic heterocycles. The lowest BCUT2D eigenvalue weighted by molar-refractivity contribution is -0.0290. The van der Waals surface area contributed by atoms with Crippen molar-refractivity contribution in [1.82, 2.24) is 9.88 Å². The van der Waals surface area contributed by atoms with Gasteiger partial charge in [0.25, 0.3) is 0 Å². The predicted octanol–water partition coefficient (Wildman–Crippen LogP) is 5.16. The minimum absolute atomic E-state index is 0. The second-order valence-corrected chi connectivity index (χ2v) is 7.54. The maximum absolute atomic E-state index is 12.3. The highest BCUT2D eigenvalue weighted by molar-refractivity contribution is 7.13.